The third-order valence-corrected chi connectivity index (χ3v) is 5.05. The van der Waals surface area contributed by atoms with Crippen LogP contribution >= 0.6 is 46.0 Å². The molecular formula is C17H12ClIS. The predicted molar refractivity (Wildman–Crippen MR) is 98.9 cm³/mol. The first-order valence-corrected chi connectivity index (χ1v) is 8.89. The Hall–Kier alpha value is -0.710. The monoisotopic (exact) mass is 410 g/mol. The maximum atomic E-state index is 6.41. The summed E-state index contributed by atoms with van der Waals surface area (Å²) in [5.41, 5.74) is 2.30. The number of hydrogen-bond acceptors (Lipinski definition) is 1. The van der Waals surface area contributed by atoms with Crippen molar-refractivity contribution in [1.82, 2.24) is 0 Å². The van der Waals surface area contributed by atoms with Crippen molar-refractivity contribution in [3.05, 3.63) is 63.2 Å². The molecule has 0 unspecified atom stereocenters. The lowest BCUT2D eigenvalue weighted by Crippen LogP contribution is -1.85. The van der Waals surface area contributed by atoms with E-state index in [1.54, 1.807) is 11.8 Å². The van der Waals surface area contributed by atoms with E-state index >= 15 is 0 Å². The van der Waals surface area contributed by atoms with Gasteiger partial charge in [-0.15, -0.1) is 11.8 Å². The molecule has 3 aromatic carbocycles. The van der Waals surface area contributed by atoms with E-state index in [0.29, 0.717) is 0 Å². The van der Waals surface area contributed by atoms with Gasteiger partial charge in [-0.3, -0.25) is 0 Å². The van der Waals surface area contributed by atoms with Gasteiger partial charge in [0, 0.05) is 19.1 Å². The quantitative estimate of drug-likeness (QED) is 0.344. The summed E-state index contributed by atoms with van der Waals surface area (Å²) in [6, 6.07) is 19.1. The summed E-state index contributed by atoms with van der Waals surface area (Å²) in [6.45, 7) is 0. The van der Waals surface area contributed by atoms with Gasteiger partial charge in [0.2, 0.25) is 0 Å². The van der Waals surface area contributed by atoms with Crippen molar-refractivity contribution >= 4 is 56.7 Å². The van der Waals surface area contributed by atoms with E-state index in [9.17, 15) is 0 Å². The molecule has 0 atom stereocenters. The number of benzene rings is 3. The SMILES string of the molecule is CSc1cccc(Cl)c1-c1ccc2ccc(I)cc2c1. The molecule has 0 radical (unpaired) electrons. The fourth-order valence-corrected chi connectivity index (χ4v) is 3.83. The standard InChI is InChI=1S/C17H12ClIS/c1-20-16-4-2-3-15(18)17(16)12-6-5-11-7-8-14(19)10-13(11)9-12/h2-10H,1H3. The van der Waals surface area contributed by atoms with Crippen LogP contribution in [-0.4, -0.2) is 6.26 Å². The van der Waals surface area contributed by atoms with Crippen LogP contribution in [0, 0.1) is 3.57 Å². The van der Waals surface area contributed by atoms with Gasteiger partial charge < -0.3 is 0 Å². The molecule has 0 saturated carbocycles. The average Bonchev–Trinajstić information content (AvgIpc) is 2.46. The molecule has 0 spiro atoms. The molecule has 0 aliphatic heterocycles. The molecule has 0 heterocycles. The molecule has 100 valence electrons. The molecule has 0 nitrogen and oxygen atoms in total. The normalized spacial score (nSPS) is 10.9. The highest BCUT2D eigenvalue weighted by Gasteiger charge is 2.09. The molecule has 3 heteroatoms. The Bertz CT molecular complexity index is 783. The lowest BCUT2D eigenvalue weighted by Gasteiger charge is -2.11. The van der Waals surface area contributed by atoms with Gasteiger partial charge in [-0.05, 0) is 75.5 Å². The zero-order valence-electron chi connectivity index (χ0n) is 10.9. The zero-order chi connectivity index (χ0) is 14.1. The third kappa shape index (κ3) is 2.69. The Kier molecular flexibility index (Phi) is 4.24. The van der Waals surface area contributed by atoms with Crippen molar-refractivity contribution in [2.45, 2.75) is 4.90 Å². The lowest BCUT2D eigenvalue weighted by molar-refractivity contribution is 1.45. The topological polar surface area (TPSA) is 0 Å². The van der Waals surface area contributed by atoms with Crippen LogP contribution in [0.5, 0.6) is 0 Å². The molecule has 0 aliphatic carbocycles. The van der Waals surface area contributed by atoms with E-state index in [1.807, 2.05) is 12.1 Å². The van der Waals surface area contributed by atoms with E-state index < -0.39 is 0 Å². The first kappa shape index (κ1) is 14.2. The van der Waals surface area contributed by atoms with Gasteiger partial charge in [-0.25, -0.2) is 0 Å². The molecule has 0 N–H and O–H groups in total. The second kappa shape index (κ2) is 5.96. The van der Waals surface area contributed by atoms with Crippen molar-refractivity contribution in [1.29, 1.82) is 0 Å². The number of thioether (sulfide) groups is 1. The largest absolute Gasteiger partial charge is 0.129 e. The third-order valence-electron chi connectivity index (χ3n) is 3.29. The van der Waals surface area contributed by atoms with Crippen LogP contribution in [0.1, 0.15) is 0 Å². The number of hydrogen-bond donors (Lipinski definition) is 0. The van der Waals surface area contributed by atoms with Gasteiger partial charge in [0.25, 0.3) is 0 Å². The summed E-state index contributed by atoms with van der Waals surface area (Å²) in [6.07, 6.45) is 2.08. The Morgan fingerprint density at radius 2 is 1.75 bits per heavy atom. The van der Waals surface area contributed by atoms with Crippen molar-refractivity contribution in [2.24, 2.45) is 0 Å². The van der Waals surface area contributed by atoms with E-state index in [-0.39, 0.29) is 0 Å². The predicted octanol–water partition coefficient (Wildman–Crippen LogP) is 6.49. The number of fused-ring (bicyclic) bond motifs is 1. The highest BCUT2D eigenvalue weighted by atomic mass is 127. The minimum atomic E-state index is 0.807. The van der Waals surface area contributed by atoms with Crippen molar-refractivity contribution in [2.75, 3.05) is 6.26 Å². The van der Waals surface area contributed by atoms with Gasteiger partial charge in [-0.1, -0.05) is 35.9 Å². The maximum Gasteiger partial charge on any atom is 0.0495 e. The highest BCUT2D eigenvalue weighted by Crippen LogP contribution is 2.37. The Morgan fingerprint density at radius 3 is 2.55 bits per heavy atom. The number of rotatable bonds is 2. The molecule has 0 fully saturated rings. The summed E-state index contributed by atoms with van der Waals surface area (Å²) >= 11 is 10.5. The smallest absolute Gasteiger partial charge is 0.0495 e. The summed E-state index contributed by atoms with van der Waals surface area (Å²) < 4.78 is 1.25. The average molecular weight is 411 g/mol. The van der Waals surface area contributed by atoms with Crippen LogP contribution in [0.3, 0.4) is 0 Å². The van der Waals surface area contributed by atoms with Crippen molar-refractivity contribution in [3.8, 4) is 11.1 Å². The molecular weight excluding hydrogens is 399 g/mol. The van der Waals surface area contributed by atoms with Crippen molar-refractivity contribution in [3.63, 3.8) is 0 Å². The van der Waals surface area contributed by atoms with Crippen molar-refractivity contribution < 1.29 is 0 Å². The van der Waals surface area contributed by atoms with Crippen LogP contribution in [0.2, 0.25) is 5.02 Å². The minimum absolute atomic E-state index is 0.807. The first-order valence-electron chi connectivity index (χ1n) is 6.21. The maximum absolute atomic E-state index is 6.41. The van der Waals surface area contributed by atoms with Gasteiger partial charge >= 0.3 is 0 Å². The van der Waals surface area contributed by atoms with Crippen LogP contribution in [0.25, 0.3) is 21.9 Å². The fourth-order valence-electron chi connectivity index (χ4n) is 2.33. The summed E-state index contributed by atoms with van der Waals surface area (Å²) in [7, 11) is 0. The molecule has 3 rings (SSSR count). The molecule has 3 aromatic rings. The summed E-state index contributed by atoms with van der Waals surface area (Å²) in [5, 5.41) is 3.31. The minimum Gasteiger partial charge on any atom is -0.129 e. The van der Waals surface area contributed by atoms with Crippen LogP contribution in [0.15, 0.2) is 59.5 Å². The highest BCUT2D eigenvalue weighted by molar-refractivity contribution is 14.1. The van der Waals surface area contributed by atoms with Gasteiger partial charge in [0.15, 0.2) is 0 Å². The summed E-state index contributed by atoms with van der Waals surface area (Å²) in [5.74, 6) is 0. The number of halogens is 2. The zero-order valence-corrected chi connectivity index (χ0v) is 14.6. The van der Waals surface area contributed by atoms with E-state index in [2.05, 4.69) is 71.3 Å². The molecule has 0 aromatic heterocycles. The molecule has 0 saturated heterocycles. The van der Waals surface area contributed by atoms with Crippen LogP contribution in [0.4, 0.5) is 0 Å². The van der Waals surface area contributed by atoms with E-state index in [1.165, 1.54) is 24.8 Å². The molecule has 0 bridgehead atoms. The second-order valence-electron chi connectivity index (χ2n) is 4.52. The van der Waals surface area contributed by atoms with Gasteiger partial charge in [0.1, 0.15) is 0 Å². The lowest BCUT2D eigenvalue weighted by atomic mass is 10.0. The van der Waals surface area contributed by atoms with Gasteiger partial charge in [0.05, 0.1) is 0 Å². The fraction of sp³-hybridized carbons (Fsp3) is 0.0588. The Morgan fingerprint density at radius 1 is 0.950 bits per heavy atom. The molecule has 20 heavy (non-hydrogen) atoms. The molecule has 0 amide bonds. The molecule has 0 aliphatic rings. The van der Waals surface area contributed by atoms with Crippen LogP contribution in [-0.2, 0) is 0 Å². The van der Waals surface area contributed by atoms with E-state index in [4.69, 9.17) is 11.6 Å². The second-order valence-corrected chi connectivity index (χ2v) is 7.02. The van der Waals surface area contributed by atoms with Crippen LogP contribution < -0.4 is 0 Å². The Balaban J connectivity index is 2.24. The van der Waals surface area contributed by atoms with E-state index in [0.717, 1.165) is 10.6 Å². The Labute approximate surface area is 141 Å². The summed E-state index contributed by atoms with van der Waals surface area (Å²) in [4.78, 5) is 1.21. The van der Waals surface area contributed by atoms with Gasteiger partial charge in [-0.2, -0.15) is 0 Å². The first-order chi connectivity index (χ1) is 9.69.